The Hall–Kier alpha value is -0.890. The molecule has 0 bridgehead atoms. The maximum absolute atomic E-state index is 12.2. The van der Waals surface area contributed by atoms with Gasteiger partial charge >= 0.3 is 0 Å². The highest BCUT2D eigenvalue weighted by molar-refractivity contribution is 6.05. The molecule has 0 aromatic heterocycles. The summed E-state index contributed by atoms with van der Waals surface area (Å²) in [7, 11) is 0. The minimum atomic E-state index is -0.921. The van der Waals surface area contributed by atoms with Crippen LogP contribution in [-0.4, -0.2) is 16.5 Å². The second-order valence-electron chi connectivity index (χ2n) is 5.20. The first kappa shape index (κ1) is 10.6. The number of hydrogen-bond acceptors (Lipinski definition) is 2. The molecule has 2 atom stereocenters. The van der Waals surface area contributed by atoms with E-state index in [1.54, 1.807) is 0 Å². The predicted octanol–water partition coefficient (Wildman–Crippen LogP) is 2.38. The van der Waals surface area contributed by atoms with Crippen LogP contribution >= 0.6 is 0 Å². The summed E-state index contributed by atoms with van der Waals surface area (Å²) in [5.74, 6) is 0.100. The lowest BCUT2D eigenvalue weighted by Gasteiger charge is -2.44. The van der Waals surface area contributed by atoms with Crippen molar-refractivity contribution < 1.29 is 9.90 Å². The number of Topliss-reactive ketones (excluding diaryl/α,β-unsaturated/α-hetero) is 1. The molecule has 0 aliphatic heterocycles. The highest BCUT2D eigenvalue weighted by atomic mass is 16.3. The average Bonchev–Trinajstić information content (AvgIpc) is 2.31. The Morgan fingerprint density at radius 2 is 2.00 bits per heavy atom. The number of ketones is 1. The quantitative estimate of drug-likeness (QED) is 0.618. The van der Waals surface area contributed by atoms with E-state index in [4.69, 9.17) is 0 Å². The van der Waals surface area contributed by atoms with Crippen LogP contribution in [0.15, 0.2) is 23.3 Å². The van der Waals surface area contributed by atoms with Gasteiger partial charge in [0.2, 0.25) is 0 Å². The van der Waals surface area contributed by atoms with Crippen molar-refractivity contribution in [1.82, 2.24) is 0 Å². The number of fused-ring (bicyclic) bond motifs is 1. The maximum Gasteiger partial charge on any atom is 0.168 e. The minimum Gasteiger partial charge on any atom is -0.384 e. The first-order chi connectivity index (χ1) is 6.83. The van der Waals surface area contributed by atoms with Gasteiger partial charge in [0.15, 0.2) is 5.78 Å². The highest BCUT2D eigenvalue weighted by Crippen LogP contribution is 2.55. The second kappa shape index (κ2) is 2.82. The van der Waals surface area contributed by atoms with Crippen molar-refractivity contribution in [2.24, 2.45) is 5.41 Å². The molecule has 0 spiro atoms. The summed E-state index contributed by atoms with van der Waals surface area (Å²) >= 11 is 0. The van der Waals surface area contributed by atoms with Crippen LogP contribution < -0.4 is 0 Å². The number of carbonyl (C=O) groups excluding carboxylic acids is 1. The summed E-state index contributed by atoms with van der Waals surface area (Å²) in [6, 6.07) is 0. The molecule has 1 N–H and O–H groups in total. The summed E-state index contributed by atoms with van der Waals surface area (Å²) < 4.78 is 0. The summed E-state index contributed by atoms with van der Waals surface area (Å²) in [6.07, 6.45) is 2.08. The number of allylic oxidation sites excluding steroid dienone is 2. The van der Waals surface area contributed by atoms with Crippen molar-refractivity contribution in [3.63, 3.8) is 0 Å². The van der Waals surface area contributed by atoms with Crippen molar-refractivity contribution >= 4 is 5.78 Å². The standard InChI is InChI=1S/C13H18O2/c1-8-5-6-13(15)10(3)9(2)11(14)12(13,4)7-8/h15H,1,5-7H2,2-4H3/t12-,13-/m0/s1. The Morgan fingerprint density at radius 1 is 1.40 bits per heavy atom. The van der Waals surface area contributed by atoms with Gasteiger partial charge in [0, 0.05) is 0 Å². The van der Waals surface area contributed by atoms with Crippen LogP contribution in [-0.2, 0) is 4.79 Å². The molecule has 0 unspecified atom stereocenters. The zero-order valence-electron chi connectivity index (χ0n) is 9.68. The Kier molecular flexibility index (Phi) is 2.00. The van der Waals surface area contributed by atoms with Crippen LogP contribution in [0.25, 0.3) is 0 Å². The minimum absolute atomic E-state index is 0.100. The van der Waals surface area contributed by atoms with Gasteiger partial charge in [0.1, 0.15) is 0 Å². The zero-order chi connectivity index (χ0) is 11.4. The van der Waals surface area contributed by atoms with Gasteiger partial charge < -0.3 is 5.11 Å². The summed E-state index contributed by atoms with van der Waals surface area (Å²) in [4.78, 5) is 12.2. The van der Waals surface area contributed by atoms with Gasteiger partial charge in [-0.3, -0.25) is 4.79 Å². The van der Waals surface area contributed by atoms with E-state index in [2.05, 4.69) is 6.58 Å². The van der Waals surface area contributed by atoms with Crippen molar-refractivity contribution in [3.05, 3.63) is 23.3 Å². The fourth-order valence-corrected chi connectivity index (χ4v) is 3.13. The Bertz CT molecular complexity index is 391. The first-order valence-corrected chi connectivity index (χ1v) is 5.45. The molecule has 0 aromatic rings. The smallest absolute Gasteiger partial charge is 0.168 e. The van der Waals surface area contributed by atoms with Crippen LogP contribution in [0.5, 0.6) is 0 Å². The molecule has 2 aliphatic carbocycles. The van der Waals surface area contributed by atoms with Gasteiger partial charge in [-0.1, -0.05) is 12.2 Å². The zero-order valence-corrected chi connectivity index (χ0v) is 9.68. The number of rotatable bonds is 0. The summed E-state index contributed by atoms with van der Waals surface area (Å²) in [6.45, 7) is 9.53. The summed E-state index contributed by atoms with van der Waals surface area (Å²) in [5.41, 5.74) is 1.11. The number of aliphatic hydroxyl groups is 1. The third kappa shape index (κ3) is 1.06. The summed E-state index contributed by atoms with van der Waals surface area (Å²) in [5, 5.41) is 10.7. The van der Waals surface area contributed by atoms with Crippen molar-refractivity contribution in [1.29, 1.82) is 0 Å². The molecule has 15 heavy (non-hydrogen) atoms. The Morgan fingerprint density at radius 3 is 2.60 bits per heavy atom. The van der Waals surface area contributed by atoms with Crippen LogP contribution in [0.2, 0.25) is 0 Å². The molecule has 2 aliphatic rings. The number of hydrogen-bond donors (Lipinski definition) is 1. The van der Waals surface area contributed by atoms with E-state index in [0.717, 1.165) is 23.1 Å². The Balaban J connectivity index is 2.56. The van der Waals surface area contributed by atoms with Crippen LogP contribution in [0.3, 0.4) is 0 Å². The maximum atomic E-state index is 12.2. The fraction of sp³-hybridized carbons (Fsp3) is 0.615. The fourth-order valence-electron chi connectivity index (χ4n) is 3.13. The van der Waals surface area contributed by atoms with Gasteiger partial charge in [-0.25, -0.2) is 0 Å². The SMILES string of the molecule is C=C1CC[C@]2(O)C(C)=C(C)C(=O)[C@]2(C)C1. The monoisotopic (exact) mass is 206 g/mol. The molecule has 1 saturated carbocycles. The lowest BCUT2D eigenvalue weighted by Crippen LogP contribution is -2.50. The lowest BCUT2D eigenvalue weighted by molar-refractivity contribution is -0.136. The molecular formula is C13H18O2. The largest absolute Gasteiger partial charge is 0.384 e. The molecule has 1 fully saturated rings. The molecule has 0 amide bonds. The highest BCUT2D eigenvalue weighted by Gasteiger charge is 2.59. The van der Waals surface area contributed by atoms with E-state index in [1.165, 1.54) is 0 Å². The molecule has 82 valence electrons. The number of carbonyl (C=O) groups is 1. The molecule has 0 aromatic carbocycles. The van der Waals surface area contributed by atoms with Crippen molar-refractivity contribution in [2.45, 2.75) is 45.6 Å². The lowest BCUT2D eigenvalue weighted by atomic mass is 9.62. The van der Waals surface area contributed by atoms with E-state index >= 15 is 0 Å². The van der Waals surface area contributed by atoms with E-state index in [9.17, 15) is 9.90 Å². The van der Waals surface area contributed by atoms with Gasteiger partial charge in [0.05, 0.1) is 11.0 Å². The van der Waals surface area contributed by atoms with Crippen LogP contribution in [0.1, 0.15) is 40.0 Å². The van der Waals surface area contributed by atoms with Gasteiger partial charge in [0.25, 0.3) is 0 Å². The topological polar surface area (TPSA) is 37.3 Å². The third-order valence-corrected chi connectivity index (χ3v) is 4.38. The first-order valence-electron chi connectivity index (χ1n) is 5.45. The van der Waals surface area contributed by atoms with E-state index in [1.807, 2.05) is 20.8 Å². The molecule has 2 heteroatoms. The third-order valence-electron chi connectivity index (χ3n) is 4.38. The normalized spacial score (nSPS) is 41.1. The Labute approximate surface area is 90.7 Å². The van der Waals surface area contributed by atoms with Gasteiger partial charge in [-0.05, 0) is 51.2 Å². The molecule has 2 nitrogen and oxygen atoms in total. The molecule has 0 heterocycles. The van der Waals surface area contributed by atoms with Crippen LogP contribution in [0, 0.1) is 5.41 Å². The van der Waals surface area contributed by atoms with E-state index < -0.39 is 11.0 Å². The average molecular weight is 206 g/mol. The molecule has 0 saturated heterocycles. The predicted molar refractivity (Wildman–Crippen MR) is 59.4 cm³/mol. The molecule has 0 radical (unpaired) electrons. The van der Waals surface area contributed by atoms with Gasteiger partial charge in [-0.2, -0.15) is 0 Å². The van der Waals surface area contributed by atoms with Crippen molar-refractivity contribution in [2.75, 3.05) is 0 Å². The molecular weight excluding hydrogens is 188 g/mol. The van der Waals surface area contributed by atoms with Crippen LogP contribution in [0.4, 0.5) is 0 Å². The van der Waals surface area contributed by atoms with Crippen molar-refractivity contribution in [3.8, 4) is 0 Å². The van der Waals surface area contributed by atoms with E-state index in [0.29, 0.717) is 12.8 Å². The van der Waals surface area contributed by atoms with E-state index in [-0.39, 0.29) is 5.78 Å². The second-order valence-corrected chi connectivity index (χ2v) is 5.20. The molecule has 2 rings (SSSR count). The van der Waals surface area contributed by atoms with Gasteiger partial charge in [-0.15, -0.1) is 0 Å².